The van der Waals surface area contributed by atoms with Gasteiger partial charge >= 0.3 is 12.3 Å². The van der Waals surface area contributed by atoms with Crippen LogP contribution in [0.2, 0.25) is 0 Å². The topological polar surface area (TPSA) is 52.6 Å². The summed E-state index contributed by atoms with van der Waals surface area (Å²) in [5, 5.41) is 0. The van der Waals surface area contributed by atoms with E-state index in [1.165, 1.54) is 12.1 Å². The number of thioether (sulfide) groups is 1. The van der Waals surface area contributed by atoms with E-state index < -0.39 is 11.7 Å². The summed E-state index contributed by atoms with van der Waals surface area (Å²) in [6, 6.07) is 12.7. The van der Waals surface area contributed by atoms with E-state index in [-0.39, 0.29) is 6.15 Å². The lowest BCUT2D eigenvalue weighted by molar-refractivity contribution is -0.191. The molecule has 8 heteroatoms. The van der Waals surface area contributed by atoms with E-state index in [1.54, 1.807) is 18.9 Å². The first-order chi connectivity index (χ1) is 13.3. The number of ether oxygens (including phenoxy) is 2. The van der Waals surface area contributed by atoms with Crippen LogP contribution >= 0.6 is 11.8 Å². The molecule has 0 aromatic heterocycles. The third-order valence-electron chi connectivity index (χ3n) is 3.79. The molecule has 0 aliphatic heterocycles. The zero-order valence-electron chi connectivity index (χ0n) is 15.5. The van der Waals surface area contributed by atoms with E-state index in [0.717, 1.165) is 35.0 Å². The summed E-state index contributed by atoms with van der Waals surface area (Å²) in [5.41, 5.74) is -0.665. The second-order valence-corrected chi connectivity index (χ2v) is 6.77. The second kappa shape index (κ2) is 12.1. The zero-order chi connectivity index (χ0) is 21.0. The van der Waals surface area contributed by atoms with Gasteiger partial charge in [-0.1, -0.05) is 6.92 Å². The number of rotatable bonds is 8. The van der Waals surface area contributed by atoms with Crippen LogP contribution in [0.1, 0.15) is 18.9 Å². The minimum Gasteiger partial charge on any atom is -0.497 e. The van der Waals surface area contributed by atoms with Crippen molar-refractivity contribution in [3.05, 3.63) is 54.1 Å². The largest absolute Gasteiger partial charge is 0.497 e. The molecule has 4 nitrogen and oxygen atoms in total. The van der Waals surface area contributed by atoms with Gasteiger partial charge in [-0.3, -0.25) is 0 Å². The highest BCUT2D eigenvalue weighted by Crippen LogP contribution is 2.30. The van der Waals surface area contributed by atoms with Gasteiger partial charge in [0.15, 0.2) is 0 Å². The van der Waals surface area contributed by atoms with E-state index >= 15 is 0 Å². The molecule has 1 unspecified atom stereocenters. The van der Waals surface area contributed by atoms with Crippen LogP contribution < -0.4 is 9.47 Å². The highest BCUT2D eigenvalue weighted by atomic mass is 32.2. The number of hydrogen-bond donors (Lipinski definition) is 0. The Balaban J connectivity index is 0.00000122. The molecular formula is C20H21F3O4S. The van der Waals surface area contributed by atoms with Gasteiger partial charge in [-0.15, -0.1) is 11.8 Å². The van der Waals surface area contributed by atoms with E-state index in [9.17, 15) is 13.2 Å². The standard InChI is InChI=1S/C19H21F3O2S.CO2/c1-3-14(13-25-18-10-8-16(23-2)9-11-18)12-24-17-6-4-15(5-7-17)19(20,21)22;2-1-3/h4-11,14H,3,12-13H2,1-2H3;. The van der Waals surface area contributed by atoms with E-state index in [1.807, 2.05) is 24.3 Å². The van der Waals surface area contributed by atoms with Crippen LogP contribution in [0.5, 0.6) is 11.5 Å². The maximum atomic E-state index is 12.5. The minimum absolute atomic E-state index is 0.250. The minimum atomic E-state index is -4.32. The third-order valence-corrected chi connectivity index (χ3v) is 5.03. The van der Waals surface area contributed by atoms with Crippen molar-refractivity contribution in [1.82, 2.24) is 0 Å². The summed E-state index contributed by atoms with van der Waals surface area (Å²) in [6.45, 7) is 2.56. The summed E-state index contributed by atoms with van der Waals surface area (Å²) in [6.07, 6.45) is -3.14. The van der Waals surface area contributed by atoms with Gasteiger partial charge in [0.25, 0.3) is 0 Å². The van der Waals surface area contributed by atoms with Crippen molar-refractivity contribution in [1.29, 1.82) is 0 Å². The molecule has 0 saturated carbocycles. The van der Waals surface area contributed by atoms with Crippen molar-refractivity contribution in [3.8, 4) is 11.5 Å². The quantitative estimate of drug-likeness (QED) is 0.547. The SMILES string of the molecule is CCC(COc1ccc(C(F)(F)F)cc1)CSc1ccc(OC)cc1.O=C=O. The van der Waals surface area contributed by atoms with Crippen LogP contribution in [0.4, 0.5) is 13.2 Å². The first-order valence-electron chi connectivity index (χ1n) is 8.40. The molecule has 0 aliphatic carbocycles. The predicted molar refractivity (Wildman–Crippen MR) is 99.4 cm³/mol. The van der Waals surface area contributed by atoms with Crippen LogP contribution in [-0.4, -0.2) is 25.6 Å². The summed E-state index contributed by atoms with van der Waals surface area (Å²) in [7, 11) is 1.63. The number of benzene rings is 2. The molecular weight excluding hydrogens is 393 g/mol. The molecule has 0 heterocycles. The molecule has 152 valence electrons. The first kappa shape index (κ1) is 23.6. The van der Waals surface area contributed by atoms with Crippen LogP contribution in [0.3, 0.4) is 0 Å². The van der Waals surface area contributed by atoms with Gasteiger partial charge in [-0.25, -0.2) is 0 Å². The lowest BCUT2D eigenvalue weighted by Crippen LogP contribution is -2.14. The highest BCUT2D eigenvalue weighted by Gasteiger charge is 2.30. The first-order valence-corrected chi connectivity index (χ1v) is 9.38. The number of methoxy groups -OCH3 is 1. The summed E-state index contributed by atoms with van der Waals surface area (Å²) < 4.78 is 48.4. The van der Waals surface area contributed by atoms with Crippen molar-refractivity contribution < 1.29 is 32.2 Å². The van der Waals surface area contributed by atoms with Crippen LogP contribution in [0.15, 0.2) is 53.4 Å². The molecule has 2 aromatic carbocycles. The molecule has 0 fully saturated rings. The van der Waals surface area contributed by atoms with Crippen LogP contribution in [-0.2, 0) is 15.8 Å². The molecule has 0 bridgehead atoms. The van der Waals surface area contributed by atoms with Crippen molar-refractivity contribution in [2.75, 3.05) is 19.5 Å². The monoisotopic (exact) mass is 414 g/mol. The Morgan fingerprint density at radius 3 is 2.00 bits per heavy atom. The molecule has 2 aromatic rings. The van der Waals surface area contributed by atoms with E-state index in [4.69, 9.17) is 19.1 Å². The number of halogens is 3. The molecule has 2 rings (SSSR count). The Bertz CT molecular complexity index is 725. The molecule has 0 amide bonds. The maximum Gasteiger partial charge on any atom is 0.416 e. The fraction of sp³-hybridized carbons (Fsp3) is 0.350. The molecule has 0 aliphatic rings. The average molecular weight is 414 g/mol. The maximum absolute atomic E-state index is 12.5. The highest BCUT2D eigenvalue weighted by molar-refractivity contribution is 7.99. The van der Waals surface area contributed by atoms with Crippen molar-refractivity contribution >= 4 is 17.9 Å². The lowest BCUT2D eigenvalue weighted by Gasteiger charge is -2.16. The van der Waals surface area contributed by atoms with Crippen molar-refractivity contribution in [2.24, 2.45) is 5.92 Å². The summed E-state index contributed by atoms with van der Waals surface area (Å²) in [4.78, 5) is 17.4. The predicted octanol–water partition coefficient (Wildman–Crippen LogP) is 5.33. The fourth-order valence-corrected chi connectivity index (χ4v) is 3.21. The average Bonchev–Trinajstić information content (AvgIpc) is 2.69. The Kier molecular flexibility index (Phi) is 10.2. The zero-order valence-corrected chi connectivity index (χ0v) is 16.3. The Labute approximate surface area is 166 Å². The fourth-order valence-electron chi connectivity index (χ4n) is 2.12. The molecule has 0 spiro atoms. The molecule has 28 heavy (non-hydrogen) atoms. The Hall–Kier alpha value is -2.44. The molecule has 0 radical (unpaired) electrons. The van der Waals surface area contributed by atoms with E-state index in [2.05, 4.69) is 6.92 Å². The second-order valence-electron chi connectivity index (χ2n) is 5.68. The van der Waals surface area contributed by atoms with Crippen LogP contribution in [0.25, 0.3) is 0 Å². The lowest BCUT2D eigenvalue weighted by atomic mass is 10.1. The normalized spacial score (nSPS) is 11.6. The number of carbonyl (C=O) groups excluding carboxylic acids is 2. The third kappa shape index (κ3) is 8.50. The smallest absolute Gasteiger partial charge is 0.416 e. The van der Waals surface area contributed by atoms with Gasteiger partial charge < -0.3 is 9.47 Å². The number of alkyl halides is 3. The van der Waals surface area contributed by atoms with Gasteiger partial charge in [0.1, 0.15) is 11.5 Å². The van der Waals surface area contributed by atoms with Gasteiger partial charge in [0.2, 0.25) is 0 Å². The van der Waals surface area contributed by atoms with Crippen LogP contribution in [0, 0.1) is 5.92 Å². The van der Waals surface area contributed by atoms with Gasteiger partial charge in [0.05, 0.1) is 19.3 Å². The van der Waals surface area contributed by atoms with Crippen molar-refractivity contribution in [3.63, 3.8) is 0 Å². The van der Waals surface area contributed by atoms with Gasteiger partial charge in [-0.2, -0.15) is 22.8 Å². The number of hydrogen-bond acceptors (Lipinski definition) is 5. The summed E-state index contributed by atoms with van der Waals surface area (Å²) >= 11 is 1.73. The summed E-state index contributed by atoms with van der Waals surface area (Å²) in [5.74, 6) is 2.47. The molecule has 1 atom stereocenters. The van der Waals surface area contributed by atoms with E-state index in [0.29, 0.717) is 18.3 Å². The van der Waals surface area contributed by atoms with Gasteiger partial charge in [-0.05, 0) is 55.0 Å². The molecule has 0 saturated heterocycles. The Morgan fingerprint density at radius 1 is 1.00 bits per heavy atom. The Morgan fingerprint density at radius 2 is 1.54 bits per heavy atom. The van der Waals surface area contributed by atoms with Crippen molar-refractivity contribution in [2.45, 2.75) is 24.4 Å². The van der Waals surface area contributed by atoms with Gasteiger partial charge in [0, 0.05) is 16.6 Å². The molecule has 0 N–H and O–H groups in total.